The molecule has 0 aliphatic carbocycles. The highest BCUT2D eigenvalue weighted by Gasteiger charge is 2.29. The predicted molar refractivity (Wildman–Crippen MR) is 102 cm³/mol. The van der Waals surface area contributed by atoms with E-state index >= 15 is 0 Å². The fourth-order valence-corrected chi connectivity index (χ4v) is 4.34. The second-order valence-electron chi connectivity index (χ2n) is 6.96. The number of rotatable bonds is 10. The number of ether oxygens (including phenoxy) is 1. The van der Waals surface area contributed by atoms with Gasteiger partial charge in [-0.2, -0.15) is 0 Å². The molecule has 2 amide bonds. The van der Waals surface area contributed by atoms with Gasteiger partial charge in [-0.1, -0.05) is 19.8 Å². The van der Waals surface area contributed by atoms with Gasteiger partial charge in [0.1, 0.15) is 5.75 Å². The summed E-state index contributed by atoms with van der Waals surface area (Å²) in [6.07, 6.45) is 3.33. The van der Waals surface area contributed by atoms with Crippen LogP contribution in [0.25, 0.3) is 0 Å². The molecule has 0 aromatic rings. The van der Waals surface area contributed by atoms with E-state index in [1.165, 1.54) is 7.05 Å². The van der Waals surface area contributed by atoms with Crippen LogP contribution in [-0.4, -0.2) is 80.8 Å². The van der Waals surface area contributed by atoms with Crippen molar-refractivity contribution in [2.24, 2.45) is 5.92 Å². The van der Waals surface area contributed by atoms with E-state index in [2.05, 4.69) is 0 Å². The maximum absolute atomic E-state index is 12.4. The topological polar surface area (TPSA) is 101 Å². The van der Waals surface area contributed by atoms with E-state index in [9.17, 15) is 22.8 Å². The zero-order valence-corrected chi connectivity index (χ0v) is 17.4. The van der Waals surface area contributed by atoms with Gasteiger partial charge < -0.3 is 14.5 Å². The lowest BCUT2D eigenvalue weighted by Gasteiger charge is -2.32. The fraction of sp³-hybridized carbons (Fsp3) is 0.833. The molecule has 0 N–H and O–H groups in total. The molecule has 1 fully saturated rings. The first-order valence-electron chi connectivity index (χ1n) is 9.59. The predicted octanol–water partition coefficient (Wildman–Crippen LogP) is 0.852. The van der Waals surface area contributed by atoms with E-state index in [0.717, 1.165) is 17.7 Å². The number of nitrogens with zero attached hydrogens (tertiary/aromatic N) is 2. The molecule has 0 bridgehead atoms. The minimum absolute atomic E-state index is 0.00423. The molecule has 8 nitrogen and oxygen atoms in total. The van der Waals surface area contributed by atoms with Gasteiger partial charge in [0.05, 0.1) is 24.8 Å². The molecule has 156 valence electrons. The Morgan fingerprint density at radius 2 is 1.74 bits per heavy atom. The number of carbonyl (C=O) groups is 3. The summed E-state index contributed by atoms with van der Waals surface area (Å²) < 4.78 is 29.0. The van der Waals surface area contributed by atoms with Crippen LogP contribution in [0, 0.1) is 5.92 Å². The number of piperidine rings is 1. The van der Waals surface area contributed by atoms with Crippen molar-refractivity contribution >= 4 is 27.6 Å². The Kier molecular flexibility index (Phi) is 9.76. The number of likely N-dealkylation sites (N-methyl/N-ethyl adjacent to an activating group) is 1. The van der Waals surface area contributed by atoms with Gasteiger partial charge in [0, 0.05) is 20.1 Å². The SMILES string of the molecule is CCCCCS(=O)(=O)CC(=O)N(C)CC(=O)N1CCC(C(=O)OCC)CC1. The Morgan fingerprint density at radius 1 is 1.11 bits per heavy atom. The molecule has 1 saturated heterocycles. The summed E-state index contributed by atoms with van der Waals surface area (Å²) in [7, 11) is -2.01. The van der Waals surface area contributed by atoms with E-state index < -0.39 is 21.5 Å². The number of carbonyl (C=O) groups excluding carboxylic acids is 3. The quantitative estimate of drug-likeness (QED) is 0.395. The highest BCUT2D eigenvalue weighted by atomic mass is 32.2. The molecule has 1 aliphatic heterocycles. The largest absolute Gasteiger partial charge is 0.466 e. The first-order valence-corrected chi connectivity index (χ1v) is 11.4. The number of amides is 2. The average Bonchev–Trinajstić information content (AvgIpc) is 2.61. The van der Waals surface area contributed by atoms with E-state index in [4.69, 9.17) is 4.74 Å². The molecule has 0 atom stereocenters. The molecular formula is C18H32N2O6S. The van der Waals surface area contributed by atoms with Crippen LogP contribution >= 0.6 is 0 Å². The van der Waals surface area contributed by atoms with Crippen LogP contribution in [0.2, 0.25) is 0 Å². The monoisotopic (exact) mass is 404 g/mol. The van der Waals surface area contributed by atoms with E-state index in [0.29, 0.717) is 39.0 Å². The highest BCUT2D eigenvalue weighted by molar-refractivity contribution is 7.92. The number of sulfone groups is 1. The lowest BCUT2D eigenvalue weighted by atomic mass is 9.97. The van der Waals surface area contributed by atoms with Crippen LogP contribution in [0.1, 0.15) is 46.0 Å². The number of unbranched alkanes of at least 4 members (excludes halogenated alkanes) is 2. The van der Waals surface area contributed by atoms with Crippen LogP contribution < -0.4 is 0 Å². The maximum atomic E-state index is 12.4. The summed E-state index contributed by atoms with van der Waals surface area (Å²) in [5.74, 6) is -1.80. The minimum Gasteiger partial charge on any atom is -0.466 e. The van der Waals surface area contributed by atoms with Gasteiger partial charge in [0.2, 0.25) is 11.8 Å². The third-order valence-electron chi connectivity index (χ3n) is 4.67. The molecule has 27 heavy (non-hydrogen) atoms. The lowest BCUT2D eigenvalue weighted by molar-refractivity contribution is -0.151. The van der Waals surface area contributed by atoms with Crippen molar-refractivity contribution < 1.29 is 27.5 Å². The average molecular weight is 405 g/mol. The molecule has 0 saturated carbocycles. The number of hydrogen-bond donors (Lipinski definition) is 0. The van der Waals surface area contributed by atoms with Crippen molar-refractivity contribution in [3.63, 3.8) is 0 Å². The van der Waals surface area contributed by atoms with Crippen LogP contribution in [0.3, 0.4) is 0 Å². The molecule has 0 spiro atoms. The highest BCUT2D eigenvalue weighted by Crippen LogP contribution is 2.19. The zero-order chi connectivity index (χ0) is 20.4. The van der Waals surface area contributed by atoms with Gasteiger partial charge in [-0.15, -0.1) is 0 Å². The van der Waals surface area contributed by atoms with Crippen LogP contribution in [0.5, 0.6) is 0 Å². The number of esters is 1. The maximum Gasteiger partial charge on any atom is 0.309 e. The molecule has 0 radical (unpaired) electrons. The molecule has 1 rings (SSSR count). The van der Waals surface area contributed by atoms with Crippen LogP contribution in [-0.2, 0) is 29.0 Å². The van der Waals surface area contributed by atoms with E-state index in [-0.39, 0.29) is 30.1 Å². The first kappa shape index (κ1) is 23.4. The van der Waals surface area contributed by atoms with Gasteiger partial charge in [-0.3, -0.25) is 14.4 Å². The van der Waals surface area contributed by atoms with Crippen molar-refractivity contribution in [1.29, 1.82) is 0 Å². The minimum atomic E-state index is -3.45. The van der Waals surface area contributed by atoms with Gasteiger partial charge in [0.25, 0.3) is 0 Å². The second kappa shape index (κ2) is 11.3. The summed E-state index contributed by atoms with van der Waals surface area (Å²) in [5.41, 5.74) is 0. The van der Waals surface area contributed by atoms with Crippen LogP contribution in [0.15, 0.2) is 0 Å². The van der Waals surface area contributed by atoms with Gasteiger partial charge in [0.15, 0.2) is 9.84 Å². The van der Waals surface area contributed by atoms with Crippen molar-refractivity contribution in [3.8, 4) is 0 Å². The van der Waals surface area contributed by atoms with Crippen molar-refractivity contribution in [1.82, 2.24) is 9.80 Å². The number of hydrogen-bond acceptors (Lipinski definition) is 6. The van der Waals surface area contributed by atoms with E-state index in [1.807, 2.05) is 6.92 Å². The summed E-state index contributed by atoms with van der Waals surface area (Å²) in [5, 5.41) is 0. The van der Waals surface area contributed by atoms with Gasteiger partial charge >= 0.3 is 5.97 Å². The first-order chi connectivity index (χ1) is 12.7. The van der Waals surface area contributed by atoms with Crippen molar-refractivity contribution in [2.75, 3.05) is 44.8 Å². The third-order valence-corrected chi connectivity index (χ3v) is 6.27. The smallest absolute Gasteiger partial charge is 0.309 e. The molecule has 1 aliphatic rings. The Hall–Kier alpha value is -1.64. The summed E-state index contributed by atoms with van der Waals surface area (Å²) >= 11 is 0. The van der Waals surface area contributed by atoms with Gasteiger partial charge in [-0.05, 0) is 26.2 Å². The normalized spacial score (nSPS) is 15.4. The third kappa shape index (κ3) is 8.28. The Labute approximate surface area is 162 Å². The Morgan fingerprint density at radius 3 is 2.30 bits per heavy atom. The summed E-state index contributed by atoms with van der Waals surface area (Å²) in [6, 6.07) is 0. The van der Waals surface area contributed by atoms with Crippen molar-refractivity contribution in [3.05, 3.63) is 0 Å². The summed E-state index contributed by atoms with van der Waals surface area (Å²) in [4.78, 5) is 39.0. The molecule has 0 aromatic carbocycles. The lowest BCUT2D eigenvalue weighted by Crippen LogP contribution is -2.46. The molecule has 0 unspecified atom stereocenters. The fourth-order valence-electron chi connectivity index (χ4n) is 2.96. The zero-order valence-electron chi connectivity index (χ0n) is 16.6. The summed E-state index contributed by atoms with van der Waals surface area (Å²) in [6.45, 7) is 4.78. The molecular weight excluding hydrogens is 372 g/mol. The van der Waals surface area contributed by atoms with E-state index in [1.54, 1.807) is 11.8 Å². The number of likely N-dealkylation sites (tertiary alicyclic amines) is 1. The Bertz CT molecular complexity index is 611. The Balaban J connectivity index is 2.43. The van der Waals surface area contributed by atoms with Gasteiger partial charge in [-0.25, -0.2) is 8.42 Å². The molecule has 0 aromatic heterocycles. The van der Waals surface area contributed by atoms with Crippen molar-refractivity contribution in [2.45, 2.75) is 46.0 Å². The standard InChI is InChI=1S/C18H32N2O6S/c1-4-6-7-12-27(24,25)14-17(22)19(3)13-16(21)20-10-8-15(9-11-20)18(23)26-5-2/h15H,4-14H2,1-3H3. The second-order valence-corrected chi connectivity index (χ2v) is 9.14. The molecule has 9 heteroatoms. The van der Waals surface area contributed by atoms with Crippen LogP contribution in [0.4, 0.5) is 0 Å². The molecule has 1 heterocycles.